The molecule has 1 aliphatic rings. The van der Waals surface area contributed by atoms with Crippen molar-refractivity contribution in [3.05, 3.63) is 83.9 Å². The summed E-state index contributed by atoms with van der Waals surface area (Å²) in [5.41, 5.74) is 3.36. The quantitative estimate of drug-likeness (QED) is 0.693. The van der Waals surface area contributed by atoms with Gasteiger partial charge in [-0.05, 0) is 30.2 Å². The highest BCUT2D eigenvalue weighted by atomic mass is 31.2. The topological polar surface area (TPSA) is 46.5 Å². The fourth-order valence-electron chi connectivity index (χ4n) is 3.15. The van der Waals surface area contributed by atoms with Gasteiger partial charge in [-0.15, -0.1) is 0 Å². The molecule has 3 nitrogen and oxygen atoms in total. The molecule has 1 heterocycles. The van der Waals surface area contributed by atoms with Crippen LogP contribution in [0.15, 0.2) is 72.8 Å². The van der Waals surface area contributed by atoms with Crippen LogP contribution in [0.5, 0.6) is 5.75 Å². The Balaban J connectivity index is 1.91. The first-order valence-electron chi connectivity index (χ1n) is 7.82. The van der Waals surface area contributed by atoms with Crippen LogP contribution < -0.4 is 9.83 Å². The number of aliphatic hydroxyl groups is 1. The maximum Gasteiger partial charge on any atom is 0.310 e. The molecule has 0 aromatic heterocycles. The predicted octanol–water partition coefficient (Wildman–Crippen LogP) is 4.65. The molecule has 2 atom stereocenters. The van der Waals surface area contributed by atoms with E-state index in [1.54, 1.807) is 18.2 Å². The second-order valence-electron chi connectivity index (χ2n) is 5.99. The lowest BCUT2D eigenvalue weighted by atomic mass is 10.0. The third-order valence-electron chi connectivity index (χ3n) is 4.31. The van der Waals surface area contributed by atoms with Crippen LogP contribution in [0.2, 0.25) is 0 Å². The van der Waals surface area contributed by atoms with Crippen molar-refractivity contribution in [2.24, 2.45) is 0 Å². The highest BCUT2D eigenvalue weighted by molar-refractivity contribution is 7.68. The summed E-state index contributed by atoms with van der Waals surface area (Å²) in [6, 6.07) is 22.4. The predicted molar refractivity (Wildman–Crippen MR) is 95.9 cm³/mol. The van der Waals surface area contributed by atoms with Gasteiger partial charge in [0.2, 0.25) is 0 Å². The Labute approximate surface area is 141 Å². The molecule has 3 aromatic rings. The third-order valence-corrected chi connectivity index (χ3v) is 6.78. The van der Waals surface area contributed by atoms with E-state index in [9.17, 15) is 9.67 Å². The van der Waals surface area contributed by atoms with Crippen molar-refractivity contribution in [3.8, 4) is 16.9 Å². The molecule has 0 fully saturated rings. The van der Waals surface area contributed by atoms with Gasteiger partial charge in [0, 0.05) is 5.56 Å². The molecule has 24 heavy (non-hydrogen) atoms. The van der Waals surface area contributed by atoms with E-state index in [0.717, 1.165) is 16.7 Å². The van der Waals surface area contributed by atoms with Crippen LogP contribution in [0.4, 0.5) is 0 Å². The van der Waals surface area contributed by atoms with E-state index in [0.29, 0.717) is 16.6 Å². The van der Waals surface area contributed by atoms with Crippen LogP contribution in [0, 0.1) is 6.92 Å². The minimum absolute atomic E-state index is 0.547. The minimum atomic E-state index is -3.51. The summed E-state index contributed by atoms with van der Waals surface area (Å²) in [7, 11) is -3.51. The van der Waals surface area contributed by atoms with Gasteiger partial charge in [0.15, 0.2) is 5.85 Å². The molecule has 3 aromatic carbocycles. The van der Waals surface area contributed by atoms with Crippen LogP contribution in [-0.4, -0.2) is 5.11 Å². The van der Waals surface area contributed by atoms with Crippen molar-refractivity contribution >= 4 is 12.7 Å². The number of aliphatic hydroxyl groups excluding tert-OH is 1. The Morgan fingerprint density at radius 3 is 2.42 bits per heavy atom. The molecule has 0 radical (unpaired) electrons. The van der Waals surface area contributed by atoms with E-state index < -0.39 is 13.2 Å². The second kappa shape index (κ2) is 5.62. The second-order valence-corrected chi connectivity index (χ2v) is 8.34. The molecule has 1 N–H and O–H groups in total. The molecule has 4 rings (SSSR count). The standard InChI is InChI=1S/C20H17O3P/c1-14-7-6-8-15(13-14)20(21)24(22)19-12-5-3-10-17(19)16-9-2-4-11-18(16)23-24/h2-13,20-21H,1H3. The molecule has 120 valence electrons. The first kappa shape index (κ1) is 15.2. The third kappa shape index (κ3) is 2.29. The van der Waals surface area contributed by atoms with Crippen molar-refractivity contribution in [1.29, 1.82) is 0 Å². The van der Waals surface area contributed by atoms with Crippen LogP contribution in [0.3, 0.4) is 0 Å². The molecule has 0 bridgehead atoms. The van der Waals surface area contributed by atoms with Crippen LogP contribution >= 0.6 is 7.37 Å². The summed E-state index contributed by atoms with van der Waals surface area (Å²) < 4.78 is 19.7. The van der Waals surface area contributed by atoms with Gasteiger partial charge >= 0.3 is 7.37 Å². The van der Waals surface area contributed by atoms with Crippen LogP contribution in [-0.2, 0) is 4.57 Å². The van der Waals surface area contributed by atoms with Crippen LogP contribution in [0.1, 0.15) is 17.0 Å². The monoisotopic (exact) mass is 336 g/mol. The Morgan fingerprint density at radius 2 is 1.62 bits per heavy atom. The first-order valence-corrected chi connectivity index (χ1v) is 9.52. The fourth-order valence-corrected chi connectivity index (χ4v) is 5.44. The zero-order valence-corrected chi connectivity index (χ0v) is 14.1. The van der Waals surface area contributed by atoms with Crippen molar-refractivity contribution in [2.45, 2.75) is 12.8 Å². The normalized spacial score (nSPS) is 19.8. The number of rotatable bonds is 2. The smallest absolute Gasteiger partial charge is 0.310 e. The van der Waals surface area contributed by atoms with Crippen molar-refractivity contribution in [3.63, 3.8) is 0 Å². The minimum Gasteiger partial charge on any atom is -0.437 e. The van der Waals surface area contributed by atoms with Gasteiger partial charge in [-0.1, -0.05) is 66.2 Å². The van der Waals surface area contributed by atoms with E-state index in [1.807, 2.05) is 61.5 Å². The average molecular weight is 336 g/mol. The van der Waals surface area contributed by atoms with Gasteiger partial charge in [-0.2, -0.15) is 0 Å². The van der Waals surface area contributed by atoms with Crippen LogP contribution in [0.25, 0.3) is 11.1 Å². The Kier molecular flexibility index (Phi) is 3.56. The molecule has 4 heteroatoms. The van der Waals surface area contributed by atoms with Gasteiger partial charge in [-0.25, -0.2) is 0 Å². The van der Waals surface area contributed by atoms with Crippen molar-refractivity contribution in [1.82, 2.24) is 0 Å². The summed E-state index contributed by atoms with van der Waals surface area (Å²) in [6.07, 6.45) is 0. The van der Waals surface area contributed by atoms with E-state index >= 15 is 0 Å². The van der Waals surface area contributed by atoms with E-state index in [-0.39, 0.29) is 0 Å². The lowest BCUT2D eigenvalue weighted by Gasteiger charge is -2.31. The van der Waals surface area contributed by atoms with Gasteiger partial charge < -0.3 is 9.63 Å². The molecule has 0 saturated heterocycles. The van der Waals surface area contributed by atoms with Gasteiger partial charge in [0.05, 0.1) is 5.30 Å². The zero-order chi connectivity index (χ0) is 16.7. The molecule has 0 spiro atoms. The summed E-state index contributed by atoms with van der Waals surface area (Å²) in [5, 5.41) is 11.5. The van der Waals surface area contributed by atoms with E-state index in [2.05, 4.69) is 0 Å². The van der Waals surface area contributed by atoms with Crippen molar-refractivity contribution < 1.29 is 14.2 Å². The maximum atomic E-state index is 13.8. The SMILES string of the molecule is Cc1cccc(C(O)P2(=O)Oc3ccccc3-c3ccccc32)c1. The molecular weight excluding hydrogens is 319 g/mol. The number of aryl methyl sites for hydroxylation is 1. The Hall–Kier alpha value is -2.35. The Morgan fingerprint density at radius 1 is 0.917 bits per heavy atom. The van der Waals surface area contributed by atoms with Gasteiger partial charge in [0.25, 0.3) is 0 Å². The van der Waals surface area contributed by atoms with E-state index in [4.69, 9.17) is 4.52 Å². The largest absolute Gasteiger partial charge is 0.437 e. The molecule has 0 saturated carbocycles. The number of fused-ring (bicyclic) bond motifs is 3. The molecule has 2 unspecified atom stereocenters. The lowest BCUT2D eigenvalue weighted by molar-refractivity contribution is 0.240. The highest BCUT2D eigenvalue weighted by Crippen LogP contribution is 2.62. The van der Waals surface area contributed by atoms with E-state index in [1.165, 1.54) is 0 Å². The first-order chi connectivity index (χ1) is 11.6. The number of hydrogen-bond donors (Lipinski definition) is 1. The number of para-hydroxylation sites is 1. The molecule has 0 amide bonds. The molecular formula is C20H17O3P. The summed E-state index contributed by atoms with van der Waals surface area (Å²) in [5.74, 6) is -0.654. The summed E-state index contributed by atoms with van der Waals surface area (Å²) in [4.78, 5) is 0. The maximum absolute atomic E-state index is 13.8. The molecule has 0 aliphatic carbocycles. The molecule has 1 aliphatic heterocycles. The lowest BCUT2D eigenvalue weighted by Crippen LogP contribution is -2.22. The van der Waals surface area contributed by atoms with Crippen molar-refractivity contribution in [2.75, 3.05) is 0 Å². The number of hydrogen-bond acceptors (Lipinski definition) is 3. The zero-order valence-electron chi connectivity index (χ0n) is 13.2. The fraction of sp³-hybridized carbons (Fsp3) is 0.100. The average Bonchev–Trinajstić information content (AvgIpc) is 2.61. The highest BCUT2D eigenvalue weighted by Gasteiger charge is 2.42. The summed E-state index contributed by atoms with van der Waals surface area (Å²) >= 11 is 0. The van der Waals surface area contributed by atoms with Gasteiger partial charge in [-0.3, -0.25) is 4.57 Å². The Bertz CT molecular complexity index is 964. The summed E-state index contributed by atoms with van der Waals surface area (Å²) in [6.45, 7) is 1.94. The number of benzene rings is 3. The van der Waals surface area contributed by atoms with Gasteiger partial charge in [0.1, 0.15) is 5.75 Å².